The third-order valence-electron chi connectivity index (χ3n) is 1.92. The Hall–Kier alpha value is -1.43. The Morgan fingerprint density at radius 1 is 1.40 bits per heavy atom. The predicted octanol–water partition coefficient (Wildman–Crippen LogP) is 1.15. The van der Waals surface area contributed by atoms with Gasteiger partial charge >= 0.3 is 0 Å². The fourth-order valence-electron chi connectivity index (χ4n) is 1.09. The van der Waals surface area contributed by atoms with Crippen LogP contribution in [0.25, 0.3) is 0 Å². The van der Waals surface area contributed by atoms with E-state index in [9.17, 15) is 8.78 Å². The highest BCUT2D eigenvalue weighted by molar-refractivity contribution is 5.38. The van der Waals surface area contributed by atoms with E-state index >= 15 is 0 Å². The van der Waals surface area contributed by atoms with E-state index < -0.39 is 12.5 Å². The third kappa shape index (κ3) is 2.33. The van der Waals surface area contributed by atoms with Crippen LogP contribution in [0.2, 0.25) is 0 Å². The number of hydrogen-bond acceptors (Lipinski definition) is 4. The highest BCUT2D eigenvalue weighted by atomic mass is 19.3. The van der Waals surface area contributed by atoms with Crippen molar-refractivity contribution in [2.45, 2.75) is 5.92 Å². The second-order valence-corrected chi connectivity index (χ2v) is 2.84. The number of alkyl halides is 2. The van der Waals surface area contributed by atoms with Crippen LogP contribution in [0.3, 0.4) is 0 Å². The molecule has 1 aromatic rings. The minimum absolute atomic E-state index is 0.00810. The number of rotatable bonds is 4. The zero-order valence-corrected chi connectivity index (χ0v) is 8.46. The van der Waals surface area contributed by atoms with Gasteiger partial charge in [-0.3, -0.25) is 0 Å². The Morgan fingerprint density at radius 3 is 2.53 bits per heavy atom. The van der Waals surface area contributed by atoms with Gasteiger partial charge in [0.1, 0.15) is 5.75 Å². The normalized spacial score (nSPS) is 11.3. The first-order chi connectivity index (χ1) is 7.05. The van der Waals surface area contributed by atoms with Crippen LogP contribution in [0.1, 0.15) is 5.56 Å². The van der Waals surface area contributed by atoms with E-state index in [-0.39, 0.29) is 17.2 Å². The van der Waals surface area contributed by atoms with Crippen molar-refractivity contribution in [3.63, 3.8) is 0 Å². The average Bonchev–Trinajstić information content (AvgIpc) is 2.28. The Labute approximate surface area is 86.0 Å². The maximum atomic E-state index is 13.4. The van der Waals surface area contributed by atoms with E-state index in [0.29, 0.717) is 0 Å². The molecule has 0 aliphatic rings. The SMILES string of the molecule is COc1cc(C(F)(F)CN)c(OC)cn1. The monoisotopic (exact) mass is 218 g/mol. The van der Waals surface area contributed by atoms with Gasteiger partial charge in [0.15, 0.2) is 0 Å². The van der Waals surface area contributed by atoms with Gasteiger partial charge in [-0.25, -0.2) is 4.98 Å². The van der Waals surface area contributed by atoms with Crippen molar-refractivity contribution in [1.82, 2.24) is 4.98 Å². The van der Waals surface area contributed by atoms with Crippen LogP contribution in [0.4, 0.5) is 8.78 Å². The first kappa shape index (κ1) is 11.6. The summed E-state index contributed by atoms with van der Waals surface area (Å²) < 4.78 is 36.3. The Morgan fingerprint density at radius 2 is 2.07 bits per heavy atom. The molecule has 0 aliphatic heterocycles. The molecule has 0 unspecified atom stereocenters. The van der Waals surface area contributed by atoms with Crippen molar-refractivity contribution >= 4 is 0 Å². The van der Waals surface area contributed by atoms with Gasteiger partial charge in [-0.05, 0) is 0 Å². The molecule has 0 radical (unpaired) electrons. The quantitative estimate of drug-likeness (QED) is 0.823. The molecule has 6 heteroatoms. The van der Waals surface area contributed by atoms with Crippen LogP contribution in [0.15, 0.2) is 12.3 Å². The molecule has 1 aromatic heterocycles. The summed E-state index contributed by atoms with van der Waals surface area (Å²) in [6.07, 6.45) is 1.18. The van der Waals surface area contributed by atoms with Crippen LogP contribution in [0.5, 0.6) is 11.6 Å². The topological polar surface area (TPSA) is 57.4 Å². The standard InChI is InChI=1S/C9H12F2N2O2/c1-14-7-4-13-8(15-2)3-6(7)9(10,11)5-12/h3-4H,5,12H2,1-2H3. The minimum Gasteiger partial charge on any atom is -0.495 e. The number of aromatic nitrogens is 1. The molecule has 0 fully saturated rings. The van der Waals surface area contributed by atoms with Gasteiger partial charge in [-0.1, -0.05) is 0 Å². The van der Waals surface area contributed by atoms with Crippen LogP contribution in [-0.2, 0) is 5.92 Å². The summed E-state index contributed by atoms with van der Waals surface area (Å²) in [5.41, 5.74) is 4.67. The van der Waals surface area contributed by atoms with E-state index in [2.05, 4.69) is 4.98 Å². The molecule has 4 nitrogen and oxygen atoms in total. The molecule has 2 N–H and O–H groups in total. The van der Waals surface area contributed by atoms with Crippen molar-refractivity contribution in [2.24, 2.45) is 5.73 Å². The average molecular weight is 218 g/mol. The molecule has 84 valence electrons. The lowest BCUT2D eigenvalue weighted by Crippen LogP contribution is -2.25. The van der Waals surface area contributed by atoms with Crippen molar-refractivity contribution in [3.8, 4) is 11.6 Å². The molecule has 15 heavy (non-hydrogen) atoms. The first-order valence-electron chi connectivity index (χ1n) is 4.21. The molecular weight excluding hydrogens is 206 g/mol. The predicted molar refractivity (Wildman–Crippen MR) is 50.3 cm³/mol. The van der Waals surface area contributed by atoms with Crippen molar-refractivity contribution < 1.29 is 18.3 Å². The largest absolute Gasteiger partial charge is 0.495 e. The van der Waals surface area contributed by atoms with Gasteiger partial charge in [-0.15, -0.1) is 0 Å². The Bertz CT molecular complexity index is 345. The van der Waals surface area contributed by atoms with Gasteiger partial charge in [0.2, 0.25) is 5.88 Å². The van der Waals surface area contributed by atoms with Crippen LogP contribution < -0.4 is 15.2 Å². The van der Waals surface area contributed by atoms with Gasteiger partial charge in [0.05, 0.1) is 32.5 Å². The smallest absolute Gasteiger partial charge is 0.289 e. The van der Waals surface area contributed by atoms with E-state index in [1.807, 2.05) is 0 Å². The zero-order valence-electron chi connectivity index (χ0n) is 8.46. The number of nitrogens with zero attached hydrogens (tertiary/aromatic N) is 1. The van der Waals surface area contributed by atoms with Crippen LogP contribution >= 0.6 is 0 Å². The molecule has 0 atom stereocenters. The summed E-state index contributed by atoms with van der Waals surface area (Å²) >= 11 is 0. The van der Waals surface area contributed by atoms with Gasteiger partial charge in [-0.2, -0.15) is 8.78 Å². The number of ether oxygens (including phenoxy) is 2. The summed E-state index contributed by atoms with van der Waals surface area (Å²) in [4.78, 5) is 3.76. The molecular formula is C9H12F2N2O2. The fourth-order valence-corrected chi connectivity index (χ4v) is 1.09. The van der Waals surface area contributed by atoms with E-state index in [1.165, 1.54) is 20.4 Å². The molecule has 0 saturated carbocycles. The number of methoxy groups -OCH3 is 2. The van der Waals surface area contributed by atoms with Gasteiger partial charge in [0, 0.05) is 6.07 Å². The molecule has 0 aromatic carbocycles. The summed E-state index contributed by atoms with van der Waals surface area (Å²) in [5.74, 6) is -3.06. The second kappa shape index (κ2) is 4.39. The molecule has 0 bridgehead atoms. The first-order valence-corrected chi connectivity index (χ1v) is 4.21. The number of hydrogen-bond donors (Lipinski definition) is 1. The van der Waals surface area contributed by atoms with Gasteiger partial charge in [0.25, 0.3) is 5.92 Å². The Balaban J connectivity index is 3.23. The molecule has 0 aliphatic carbocycles. The van der Waals surface area contributed by atoms with E-state index in [1.54, 1.807) is 0 Å². The highest BCUT2D eigenvalue weighted by Gasteiger charge is 2.33. The molecule has 0 spiro atoms. The minimum atomic E-state index is -3.15. The fraction of sp³-hybridized carbons (Fsp3) is 0.444. The van der Waals surface area contributed by atoms with Crippen LogP contribution in [0, 0.1) is 0 Å². The van der Waals surface area contributed by atoms with E-state index in [0.717, 1.165) is 6.07 Å². The molecule has 1 heterocycles. The summed E-state index contributed by atoms with van der Waals surface area (Å²) in [5, 5.41) is 0. The maximum absolute atomic E-state index is 13.4. The number of nitrogens with two attached hydrogens (primary N) is 1. The number of halogens is 2. The summed E-state index contributed by atoms with van der Waals surface area (Å²) in [7, 11) is 2.64. The maximum Gasteiger partial charge on any atom is 0.289 e. The van der Waals surface area contributed by atoms with Crippen molar-refractivity contribution in [1.29, 1.82) is 0 Å². The lowest BCUT2D eigenvalue weighted by molar-refractivity contribution is 0.00333. The molecule has 0 saturated heterocycles. The van der Waals surface area contributed by atoms with Gasteiger partial charge < -0.3 is 15.2 Å². The summed E-state index contributed by atoms with van der Waals surface area (Å²) in [6.45, 7) is -0.795. The zero-order chi connectivity index (χ0) is 11.5. The lowest BCUT2D eigenvalue weighted by Gasteiger charge is -2.17. The van der Waals surface area contributed by atoms with Crippen LogP contribution in [-0.4, -0.2) is 25.7 Å². The third-order valence-corrected chi connectivity index (χ3v) is 1.92. The molecule has 1 rings (SSSR count). The lowest BCUT2D eigenvalue weighted by atomic mass is 10.1. The van der Waals surface area contributed by atoms with Crippen molar-refractivity contribution in [3.05, 3.63) is 17.8 Å². The molecule has 0 amide bonds. The van der Waals surface area contributed by atoms with Crippen molar-refractivity contribution in [2.75, 3.05) is 20.8 Å². The number of pyridine rings is 1. The summed E-state index contributed by atoms with van der Waals surface area (Å²) in [6, 6.07) is 1.12. The van der Waals surface area contributed by atoms with E-state index in [4.69, 9.17) is 15.2 Å². The second-order valence-electron chi connectivity index (χ2n) is 2.84. The highest BCUT2D eigenvalue weighted by Crippen LogP contribution is 2.35. The Kier molecular flexibility index (Phi) is 3.41.